The lowest BCUT2D eigenvalue weighted by atomic mass is 9.72. The fraction of sp³-hybridized carbons (Fsp3) is 0.243. The number of aromatic carboxylic acids is 2. The maximum atomic E-state index is 11.9. The molecule has 0 bridgehead atoms. The van der Waals surface area contributed by atoms with Crippen molar-refractivity contribution in [2.75, 3.05) is 0 Å². The first-order chi connectivity index (χ1) is 23.2. The monoisotopic (exact) mass is 664 g/mol. The smallest absolute Gasteiger partial charge is 0.336 e. The molecular weight excluding hydrogens is 636 g/mol. The maximum absolute atomic E-state index is 11.9. The summed E-state index contributed by atoms with van der Waals surface area (Å²) < 4.78 is 35.0. The average molecular weight is 665 g/mol. The highest BCUT2D eigenvalue weighted by atomic mass is 16.6. The fourth-order valence-electron chi connectivity index (χ4n) is 8.16. The molecule has 49 heavy (non-hydrogen) atoms. The van der Waals surface area contributed by atoms with Gasteiger partial charge in [0.25, 0.3) is 12.9 Å². The second-order valence-corrected chi connectivity index (χ2v) is 13.9. The highest BCUT2D eigenvalue weighted by Crippen LogP contribution is 2.66. The van der Waals surface area contributed by atoms with Gasteiger partial charge in [-0.25, -0.2) is 9.59 Å². The summed E-state index contributed by atoms with van der Waals surface area (Å²) in [5.74, 6) is -0.310. The number of carboxylic acid groups (broad SMARTS) is 2. The molecule has 12 heteroatoms. The molecular formula is C37H28O12. The zero-order valence-corrected chi connectivity index (χ0v) is 26.7. The van der Waals surface area contributed by atoms with Crippen molar-refractivity contribution in [3.05, 3.63) is 81.9 Å². The Morgan fingerprint density at radius 3 is 1.18 bits per heavy atom. The number of carbonyl (C=O) groups excluding carboxylic acids is 2. The van der Waals surface area contributed by atoms with Crippen LogP contribution in [0.5, 0.6) is 57.5 Å². The molecule has 4 aromatic rings. The molecule has 2 aliphatic heterocycles. The zero-order valence-electron chi connectivity index (χ0n) is 26.7. The van der Waals surface area contributed by atoms with E-state index in [-0.39, 0.29) is 58.3 Å². The fourth-order valence-corrected chi connectivity index (χ4v) is 8.16. The third-order valence-corrected chi connectivity index (χ3v) is 9.93. The van der Waals surface area contributed by atoms with Gasteiger partial charge in [-0.3, -0.25) is 9.59 Å². The van der Waals surface area contributed by atoms with E-state index < -0.39 is 28.5 Å². The normalized spacial score (nSPS) is 19.2. The number of benzene rings is 4. The molecule has 0 aromatic heterocycles. The van der Waals surface area contributed by atoms with E-state index in [1.165, 1.54) is 24.3 Å². The molecule has 2 heterocycles. The number of carboxylic acids is 2. The summed E-state index contributed by atoms with van der Waals surface area (Å²) in [6, 6.07) is 13.0. The second kappa shape index (κ2) is 9.99. The summed E-state index contributed by atoms with van der Waals surface area (Å²) in [5, 5.41) is 19.3. The Labute approximate surface area is 278 Å². The Bertz CT molecular complexity index is 2200. The van der Waals surface area contributed by atoms with E-state index in [2.05, 4.69) is 27.7 Å². The largest absolute Gasteiger partial charge is 0.478 e. The van der Waals surface area contributed by atoms with Gasteiger partial charge in [-0.2, -0.15) is 0 Å². The first-order valence-corrected chi connectivity index (χ1v) is 15.4. The van der Waals surface area contributed by atoms with Gasteiger partial charge in [-0.05, 0) is 70.2 Å². The standard InChI is InChI=1S/C37H28O12/c1-35(2)13-37(21-9-29-27(7-19(21)35)46-25-5-17(33(40)41)18(34(42)43)6-26(25)47-29)14-36(3,4)20-8-28-30(10-22(20)37)49-32-12-24(45-16-39)23(44-15-38)11-31(32)48-28/h5-12,15-16H,13-14H2,1-4H3,(H,40,41)(H,42,43). The van der Waals surface area contributed by atoms with E-state index in [1.807, 2.05) is 24.3 Å². The summed E-state index contributed by atoms with van der Waals surface area (Å²) in [6.45, 7) is 9.13. The van der Waals surface area contributed by atoms with Crippen molar-refractivity contribution in [3.8, 4) is 57.5 Å². The van der Waals surface area contributed by atoms with Crippen molar-refractivity contribution in [2.45, 2.75) is 56.8 Å². The third-order valence-electron chi connectivity index (χ3n) is 9.93. The molecule has 0 saturated carbocycles. The summed E-state index contributed by atoms with van der Waals surface area (Å²) in [6.07, 6.45) is 1.49. The average Bonchev–Trinajstić information content (AvgIpc) is 3.39. The molecule has 1 unspecified atom stereocenters. The maximum Gasteiger partial charge on any atom is 0.336 e. The van der Waals surface area contributed by atoms with Crippen LogP contribution in [-0.2, 0) is 25.8 Å². The quantitative estimate of drug-likeness (QED) is 0.168. The summed E-state index contributed by atoms with van der Waals surface area (Å²) in [4.78, 5) is 45.9. The van der Waals surface area contributed by atoms with E-state index in [4.69, 9.17) is 28.4 Å². The predicted octanol–water partition coefficient (Wildman–Crippen LogP) is 7.60. The summed E-state index contributed by atoms with van der Waals surface area (Å²) in [7, 11) is 0. The summed E-state index contributed by atoms with van der Waals surface area (Å²) in [5.41, 5.74) is 2.28. The van der Waals surface area contributed by atoms with Gasteiger partial charge in [-0.15, -0.1) is 0 Å². The van der Waals surface area contributed by atoms with Gasteiger partial charge < -0.3 is 38.6 Å². The van der Waals surface area contributed by atoms with Crippen molar-refractivity contribution in [3.63, 3.8) is 0 Å². The van der Waals surface area contributed by atoms with Gasteiger partial charge in [-0.1, -0.05) is 27.7 Å². The highest BCUT2D eigenvalue weighted by molar-refractivity contribution is 6.02. The number of hydrogen-bond donors (Lipinski definition) is 2. The lowest BCUT2D eigenvalue weighted by molar-refractivity contribution is -0.123. The highest BCUT2D eigenvalue weighted by Gasteiger charge is 2.57. The SMILES string of the molecule is CC1(C)CC2(CC(C)(C)c3cc4c(cc32)Oc2cc(C(=O)O)c(C(=O)O)cc2O4)c2cc3c(cc21)Oc1cc(OC=O)c(OC=O)cc1O3. The first kappa shape index (κ1) is 30.3. The van der Waals surface area contributed by atoms with E-state index in [0.717, 1.165) is 35.1 Å². The van der Waals surface area contributed by atoms with E-state index in [0.29, 0.717) is 23.0 Å². The Balaban J connectivity index is 1.24. The molecule has 4 aliphatic rings. The van der Waals surface area contributed by atoms with Crippen molar-refractivity contribution < 1.29 is 57.8 Å². The Morgan fingerprint density at radius 2 is 0.857 bits per heavy atom. The minimum atomic E-state index is -1.39. The van der Waals surface area contributed by atoms with Crippen molar-refractivity contribution in [2.24, 2.45) is 0 Å². The molecule has 12 nitrogen and oxygen atoms in total. The Morgan fingerprint density at radius 1 is 0.551 bits per heavy atom. The van der Waals surface area contributed by atoms with Crippen LogP contribution in [0.4, 0.5) is 0 Å². The van der Waals surface area contributed by atoms with Crippen molar-refractivity contribution in [1.29, 1.82) is 0 Å². The summed E-state index contributed by atoms with van der Waals surface area (Å²) >= 11 is 0. The molecule has 0 fully saturated rings. The zero-order chi connectivity index (χ0) is 34.6. The minimum Gasteiger partial charge on any atom is -0.478 e. The lowest BCUT2D eigenvalue weighted by Gasteiger charge is -2.31. The van der Waals surface area contributed by atoms with E-state index >= 15 is 0 Å². The van der Waals surface area contributed by atoms with Gasteiger partial charge in [0.2, 0.25) is 0 Å². The molecule has 0 amide bonds. The number of rotatable bonds is 6. The van der Waals surface area contributed by atoms with Crippen LogP contribution in [0.15, 0.2) is 48.5 Å². The minimum absolute atomic E-state index is 0.00296. The van der Waals surface area contributed by atoms with Gasteiger partial charge in [0.05, 0.1) is 11.1 Å². The van der Waals surface area contributed by atoms with Crippen LogP contribution in [0, 0.1) is 0 Å². The molecule has 2 N–H and O–H groups in total. The van der Waals surface area contributed by atoms with Crippen LogP contribution >= 0.6 is 0 Å². The van der Waals surface area contributed by atoms with Crippen molar-refractivity contribution in [1.82, 2.24) is 0 Å². The van der Waals surface area contributed by atoms with E-state index in [1.54, 1.807) is 0 Å². The molecule has 248 valence electrons. The topological polar surface area (TPSA) is 164 Å². The first-order valence-electron chi connectivity index (χ1n) is 15.4. The molecule has 8 rings (SSSR count). The molecule has 0 radical (unpaired) electrons. The number of fused-ring (bicyclic) bond motifs is 8. The van der Waals surface area contributed by atoms with Crippen LogP contribution in [0.1, 0.15) is 83.5 Å². The molecule has 2 aliphatic carbocycles. The molecule has 4 aromatic carbocycles. The van der Waals surface area contributed by atoms with Crippen LogP contribution in [-0.4, -0.2) is 35.1 Å². The van der Waals surface area contributed by atoms with Gasteiger partial charge in [0.1, 0.15) is 0 Å². The second-order valence-electron chi connectivity index (χ2n) is 13.9. The van der Waals surface area contributed by atoms with Crippen LogP contribution in [0.25, 0.3) is 0 Å². The van der Waals surface area contributed by atoms with Crippen LogP contribution in [0.2, 0.25) is 0 Å². The number of carbonyl (C=O) groups is 4. The number of hydrogen-bond acceptors (Lipinski definition) is 10. The Kier molecular flexibility index (Phi) is 6.18. The number of ether oxygens (including phenoxy) is 6. The van der Waals surface area contributed by atoms with E-state index in [9.17, 15) is 29.4 Å². The molecule has 0 saturated heterocycles. The molecule has 1 spiro atoms. The van der Waals surface area contributed by atoms with Crippen LogP contribution < -0.4 is 28.4 Å². The van der Waals surface area contributed by atoms with Gasteiger partial charge in [0.15, 0.2) is 57.5 Å². The van der Waals surface area contributed by atoms with Gasteiger partial charge in [0, 0.05) is 29.7 Å². The Hall–Kier alpha value is -6.04. The predicted molar refractivity (Wildman–Crippen MR) is 169 cm³/mol. The van der Waals surface area contributed by atoms with Gasteiger partial charge >= 0.3 is 11.9 Å². The van der Waals surface area contributed by atoms with Crippen molar-refractivity contribution >= 4 is 24.9 Å². The molecule has 1 atom stereocenters. The third kappa shape index (κ3) is 4.36. The van der Waals surface area contributed by atoms with Crippen LogP contribution in [0.3, 0.4) is 0 Å². The lowest BCUT2D eigenvalue weighted by Crippen LogP contribution is -2.27.